The van der Waals surface area contributed by atoms with E-state index in [-0.39, 0.29) is 46.9 Å². The van der Waals surface area contributed by atoms with Crippen molar-refractivity contribution in [2.24, 2.45) is 5.92 Å². The molecule has 4 aromatic rings. The summed E-state index contributed by atoms with van der Waals surface area (Å²) in [6.07, 6.45) is 7.49. The first-order chi connectivity index (χ1) is 22.0. The predicted octanol–water partition coefficient (Wildman–Crippen LogP) is 7.29. The number of thiazole rings is 1. The maximum absolute atomic E-state index is 14.8. The highest BCUT2D eigenvalue weighted by molar-refractivity contribution is 7.13. The van der Waals surface area contributed by atoms with Crippen molar-refractivity contribution in [2.45, 2.75) is 78.0 Å². The number of amides is 1. The molecule has 0 saturated heterocycles. The van der Waals surface area contributed by atoms with Crippen molar-refractivity contribution in [3.05, 3.63) is 65.7 Å². The summed E-state index contributed by atoms with van der Waals surface area (Å²) in [5.74, 6) is -1.94. The van der Waals surface area contributed by atoms with Gasteiger partial charge in [0, 0.05) is 36.4 Å². The van der Waals surface area contributed by atoms with Crippen LogP contribution in [0.25, 0.3) is 22.0 Å². The average molecular weight is 654 g/mol. The fourth-order valence-corrected chi connectivity index (χ4v) is 6.02. The van der Waals surface area contributed by atoms with Crippen LogP contribution >= 0.6 is 11.3 Å². The van der Waals surface area contributed by atoms with E-state index >= 15 is 0 Å². The second-order valence-corrected chi connectivity index (χ2v) is 12.5. The van der Waals surface area contributed by atoms with Gasteiger partial charge in [0.2, 0.25) is 5.95 Å². The molecule has 0 spiro atoms. The van der Waals surface area contributed by atoms with Crippen molar-refractivity contribution in [3.8, 4) is 22.0 Å². The smallest absolute Gasteiger partial charge is 0.434 e. The van der Waals surface area contributed by atoms with Crippen LogP contribution in [-0.4, -0.2) is 60.3 Å². The molecular weight excluding hydrogens is 616 g/mol. The van der Waals surface area contributed by atoms with E-state index in [1.807, 2.05) is 20.8 Å². The van der Waals surface area contributed by atoms with Crippen LogP contribution in [0.1, 0.15) is 76.3 Å². The number of halogens is 2. The Balaban J connectivity index is 1.31. The zero-order chi connectivity index (χ0) is 33.0. The number of anilines is 1. The highest BCUT2D eigenvalue weighted by Gasteiger charge is 2.27. The largest absolute Gasteiger partial charge is 0.445 e. The van der Waals surface area contributed by atoms with Crippen molar-refractivity contribution in [3.63, 3.8) is 0 Å². The maximum atomic E-state index is 14.8. The standard InChI is InChI=1S/C32H37F2N7O4S/c1-6-44-23-9-7-22(8-10-23)40-16-25(29(39-40)28-24(33)11-12-27(34)38-28)36-30(42)26-17-46-31(37-26)21-14-35-41(15-21)32(43)45-20(5)13-19(4)18(2)3/h11-12,14-18,20,22-23H,4,6-10,13H2,1-3,5H3,(H,36,42). The third-order valence-corrected chi connectivity index (χ3v) is 8.75. The van der Waals surface area contributed by atoms with E-state index in [0.29, 0.717) is 23.6 Å². The molecule has 4 aromatic heterocycles. The van der Waals surface area contributed by atoms with Crippen molar-refractivity contribution in [2.75, 3.05) is 11.9 Å². The van der Waals surface area contributed by atoms with Gasteiger partial charge in [-0.15, -0.1) is 11.3 Å². The molecular formula is C32H37F2N7O4S. The fraction of sp³-hybridized carbons (Fsp3) is 0.438. The number of pyridine rings is 1. The van der Waals surface area contributed by atoms with Gasteiger partial charge >= 0.3 is 6.09 Å². The number of hydrogen-bond donors (Lipinski definition) is 1. The Bertz CT molecular complexity index is 1710. The summed E-state index contributed by atoms with van der Waals surface area (Å²) in [7, 11) is 0. The summed E-state index contributed by atoms with van der Waals surface area (Å²) in [6.45, 7) is 12.5. The summed E-state index contributed by atoms with van der Waals surface area (Å²) in [5.41, 5.74) is 1.46. The molecule has 1 saturated carbocycles. The summed E-state index contributed by atoms with van der Waals surface area (Å²) in [6, 6.07) is 1.89. The van der Waals surface area contributed by atoms with Crippen molar-refractivity contribution in [1.82, 2.24) is 29.5 Å². The molecule has 11 nitrogen and oxygen atoms in total. The molecule has 1 aliphatic carbocycles. The number of ether oxygens (including phenoxy) is 2. The molecule has 46 heavy (non-hydrogen) atoms. The Kier molecular flexibility index (Phi) is 10.4. The van der Waals surface area contributed by atoms with Gasteiger partial charge in [-0.1, -0.05) is 26.0 Å². The lowest BCUT2D eigenvalue weighted by atomic mass is 9.93. The SMILES string of the molecule is C=C(CC(C)OC(=O)n1cc(-c2nc(C(=O)Nc3cn(C4CCC(OCC)CC4)nc3-c3nc(F)ccc3F)cs2)cn1)C(C)C. The fourth-order valence-electron chi connectivity index (χ4n) is 5.24. The lowest BCUT2D eigenvalue weighted by Gasteiger charge is -2.28. The van der Waals surface area contributed by atoms with E-state index in [9.17, 15) is 18.4 Å². The van der Waals surface area contributed by atoms with E-state index in [1.54, 1.807) is 23.2 Å². The van der Waals surface area contributed by atoms with E-state index in [4.69, 9.17) is 9.47 Å². The first-order valence-electron chi connectivity index (χ1n) is 15.3. The van der Waals surface area contributed by atoms with Crippen LogP contribution in [0.5, 0.6) is 0 Å². The molecule has 244 valence electrons. The predicted molar refractivity (Wildman–Crippen MR) is 170 cm³/mol. The minimum absolute atomic E-state index is 0.0103. The van der Waals surface area contributed by atoms with E-state index in [1.165, 1.54) is 23.7 Å². The van der Waals surface area contributed by atoms with Gasteiger partial charge in [0.25, 0.3) is 5.91 Å². The zero-order valence-corrected chi connectivity index (χ0v) is 27.0. The number of carbonyl (C=O) groups is 2. The molecule has 5 rings (SSSR count). The molecule has 0 bridgehead atoms. The quantitative estimate of drug-likeness (QED) is 0.132. The van der Waals surface area contributed by atoms with Gasteiger partial charge in [-0.2, -0.15) is 19.3 Å². The average Bonchev–Trinajstić information content (AvgIpc) is 3.79. The molecule has 1 fully saturated rings. The highest BCUT2D eigenvalue weighted by atomic mass is 32.1. The normalized spacial score (nSPS) is 17.2. The molecule has 1 atom stereocenters. The van der Waals surface area contributed by atoms with Gasteiger partial charge < -0.3 is 14.8 Å². The molecule has 1 unspecified atom stereocenters. The van der Waals surface area contributed by atoms with Crippen LogP contribution < -0.4 is 5.32 Å². The van der Waals surface area contributed by atoms with Gasteiger partial charge in [-0.25, -0.2) is 19.2 Å². The molecule has 1 aliphatic rings. The Morgan fingerprint density at radius 1 is 1.11 bits per heavy atom. The van der Waals surface area contributed by atoms with Crippen LogP contribution in [0.4, 0.5) is 19.3 Å². The lowest BCUT2D eigenvalue weighted by Crippen LogP contribution is -2.24. The van der Waals surface area contributed by atoms with Gasteiger partial charge in [-0.3, -0.25) is 9.48 Å². The minimum atomic E-state index is -0.871. The topological polar surface area (TPSA) is 126 Å². The molecule has 0 aromatic carbocycles. The third kappa shape index (κ3) is 7.73. The second kappa shape index (κ2) is 14.4. The molecule has 0 aliphatic heterocycles. The van der Waals surface area contributed by atoms with E-state index in [0.717, 1.165) is 48.1 Å². The van der Waals surface area contributed by atoms with Gasteiger partial charge in [0.15, 0.2) is 5.82 Å². The van der Waals surface area contributed by atoms with Crippen molar-refractivity contribution in [1.29, 1.82) is 0 Å². The van der Waals surface area contributed by atoms with Crippen LogP contribution in [0.15, 0.2) is 48.3 Å². The summed E-state index contributed by atoms with van der Waals surface area (Å²) >= 11 is 1.19. The Hall–Kier alpha value is -4.30. The van der Waals surface area contributed by atoms with Gasteiger partial charge in [0.1, 0.15) is 28.2 Å². The molecule has 0 radical (unpaired) electrons. The third-order valence-electron chi connectivity index (χ3n) is 7.86. The van der Waals surface area contributed by atoms with Crippen LogP contribution in [0.3, 0.4) is 0 Å². The summed E-state index contributed by atoms with van der Waals surface area (Å²) in [4.78, 5) is 34.1. The van der Waals surface area contributed by atoms with Crippen molar-refractivity contribution < 1.29 is 27.8 Å². The Morgan fingerprint density at radius 3 is 2.59 bits per heavy atom. The maximum Gasteiger partial charge on any atom is 0.434 e. The van der Waals surface area contributed by atoms with Crippen molar-refractivity contribution >= 4 is 29.0 Å². The van der Waals surface area contributed by atoms with Gasteiger partial charge in [0.05, 0.1) is 24.0 Å². The van der Waals surface area contributed by atoms with E-state index < -0.39 is 23.8 Å². The van der Waals surface area contributed by atoms with E-state index in [2.05, 4.69) is 32.1 Å². The number of hydrogen-bond acceptors (Lipinski definition) is 9. The van der Waals surface area contributed by atoms with Crippen LogP contribution in [-0.2, 0) is 9.47 Å². The molecule has 14 heteroatoms. The second-order valence-electron chi connectivity index (χ2n) is 11.6. The number of nitrogens with zero attached hydrogens (tertiary/aromatic N) is 6. The summed E-state index contributed by atoms with van der Waals surface area (Å²) in [5, 5.41) is 13.4. The lowest BCUT2D eigenvalue weighted by molar-refractivity contribution is 0.0260. The summed E-state index contributed by atoms with van der Waals surface area (Å²) < 4.78 is 42.9. The first kappa shape index (κ1) is 33.1. The number of carbonyl (C=O) groups excluding carboxylic acids is 2. The monoisotopic (exact) mass is 653 g/mol. The Labute approximate surface area is 269 Å². The van der Waals surface area contributed by atoms with Crippen LogP contribution in [0.2, 0.25) is 0 Å². The molecule has 1 amide bonds. The van der Waals surface area contributed by atoms with Gasteiger partial charge in [-0.05, 0) is 57.6 Å². The molecule has 4 heterocycles. The zero-order valence-electron chi connectivity index (χ0n) is 26.2. The Morgan fingerprint density at radius 2 is 1.87 bits per heavy atom. The number of aromatic nitrogens is 6. The first-order valence-corrected chi connectivity index (χ1v) is 16.1. The number of rotatable bonds is 11. The molecule has 1 N–H and O–H groups in total. The van der Waals surface area contributed by atoms with Crippen LogP contribution in [0, 0.1) is 17.7 Å². The highest BCUT2D eigenvalue weighted by Crippen LogP contribution is 2.35. The minimum Gasteiger partial charge on any atom is -0.445 e. The number of nitrogens with one attached hydrogen (secondary N) is 1.